The molecule has 2 atom stereocenters. The molecule has 0 aliphatic carbocycles. The third-order valence-corrected chi connectivity index (χ3v) is 3.32. The van der Waals surface area contributed by atoms with E-state index in [9.17, 15) is 4.79 Å². The van der Waals surface area contributed by atoms with Crippen LogP contribution in [0.5, 0.6) is 0 Å². The molecular weight excluding hydrogens is 188 g/mol. The molecule has 2 saturated heterocycles. The number of rotatable bonds is 1. The summed E-state index contributed by atoms with van der Waals surface area (Å²) < 4.78 is 0. The van der Waals surface area contributed by atoms with Crippen molar-refractivity contribution in [1.82, 2.24) is 5.32 Å². The molecule has 78 valence electrons. The van der Waals surface area contributed by atoms with Gasteiger partial charge in [0.05, 0.1) is 12.1 Å². The molecule has 3 rings (SSSR count). The smallest absolute Gasteiger partial charge is 0.244 e. The van der Waals surface area contributed by atoms with Crippen LogP contribution in [0.3, 0.4) is 0 Å². The van der Waals surface area contributed by atoms with E-state index >= 15 is 0 Å². The molecule has 2 aliphatic rings. The molecule has 2 heterocycles. The Morgan fingerprint density at radius 3 is 2.67 bits per heavy atom. The van der Waals surface area contributed by atoms with Crippen LogP contribution in [0.2, 0.25) is 0 Å². The first kappa shape index (κ1) is 8.92. The van der Waals surface area contributed by atoms with Crippen molar-refractivity contribution in [1.29, 1.82) is 0 Å². The van der Waals surface area contributed by atoms with Crippen LogP contribution in [0.25, 0.3) is 0 Å². The number of hydrogen-bond acceptors (Lipinski definition) is 2. The Balaban J connectivity index is 1.94. The van der Waals surface area contributed by atoms with Gasteiger partial charge in [0.25, 0.3) is 0 Å². The summed E-state index contributed by atoms with van der Waals surface area (Å²) in [5, 5.41) is 3.23. The molecule has 3 heteroatoms. The fourth-order valence-corrected chi connectivity index (χ4v) is 2.49. The summed E-state index contributed by atoms with van der Waals surface area (Å²) in [5.41, 5.74) is 2.27. The van der Waals surface area contributed by atoms with Crippen LogP contribution in [0.1, 0.15) is 12.0 Å². The van der Waals surface area contributed by atoms with Crippen molar-refractivity contribution < 1.29 is 4.79 Å². The van der Waals surface area contributed by atoms with Gasteiger partial charge in [-0.15, -0.1) is 0 Å². The van der Waals surface area contributed by atoms with E-state index in [1.165, 1.54) is 5.56 Å². The van der Waals surface area contributed by atoms with Crippen LogP contribution in [-0.4, -0.2) is 24.5 Å². The number of nitrogens with one attached hydrogen (secondary N) is 1. The second-order valence-electron chi connectivity index (χ2n) is 4.39. The summed E-state index contributed by atoms with van der Waals surface area (Å²) in [6.45, 7) is 2.99. The maximum Gasteiger partial charge on any atom is 0.244 e. The lowest BCUT2D eigenvalue weighted by Gasteiger charge is -2.27. The van der Waals surface area contributed by atoms with Gasteiger partial charge in [0.2, 0.25) is 5.91 Å². The first-order valence-electron chi connectivity index (χ1n) is 5.39. The number of piperazine rings is 1. The Bertz CT molecular complexity index is 399. The van der Waals surface area contributed by atoms with Gasteiger partial charge < -0.3 is 10.2 Å². The predicted octanol–water partition coefficient (Wildman–Crippen LogP) is 1.07. The summed E-state index contributed by atoms with van der Waals surface area (Å²) in [6, 6.07) is 8.62. The molecule has 0 aromatic heterocycles. The molecule has 0 saturated carbocycles. The molecule has 1 aromatic rings. The minimum Gasteiger partial charge on any atom is -0.307 e. The quantitative estimate of drug-likeness (QED) is 0.739. The Morgan fingerprint density at radius 2 is 2.07 bits per heavy atom. The van der Waals surface area contributed by atoms with Gasteiger partial charge in [0, 0.05) is 12.2 Å². The standard InChI is InChI=1S/C12H14N2O/c1-8-2-4-9(5-3-8)14-10-6-11(12(14)15)13-7-10/h2-5,10-11,13H,6-7H2,1H3. The van der Waals surface area contributed by atoms with E-state index in [1.807, 2.05) is 17.0 Å². The number of nitrogens with zero attached hydrogens (tertiary/aromatic N) is 1. The Hall–Kier alpha value is -1.35. The lowest BCUT2D eigenvalue weighted by molar-refractivity contribution is -0.119. The van der Waals surface area contributed by atoms with E-state index < -0.39 is 0 Å². The molecule has 0 radical (unpaired) electrons. The van der Waals surface area contributed by atoms with Gasteiger partial charge in [-0.1, -0.05) is 17.7 Å². The normalized spacial score (nSPS) is 28.9. The minimum atomic E-state index is 0.0660. The summed E-state index contributed by atoms with van der Waals surface area (Å²) in [7, 11) is 0. The van der Waals surface area contributed by atoms with E-state index in [0.29, 0.717) is 6.04 Å². The second kappa shape index (κ2) is 3.07. The van der Waals surface area contributed by atoms with Crippen molar-refractivity contribution >= 4 is 11.6 Å². The fraction of sp³-hybridized carbons (Fsp3) is 0.417. The molecule has 1 N–H and O–H groups in total. The van der Waals surface area contributed by atoms with Crippen LogP contribution < -0.4 is 10.2 Å². The highest BCUT2D eigenvalue weighted by molar-refractivity contribution is 6.01. The summed E-state index contributed by atoms with van der Waals surface area (Å²) >= 11 is 0. The molecule has 2 bridgehead atoms. The van der Waals surface area contributed by atoms with Crippen molar-refractivity contribution in [2.75, 3.05) is 11.4 Å². The topological polar surface area (TPSA) is 32.3 Å². The molecule has 3 nitrogen and oxygen atoms in total. The number of benzene rings is 1. The maximum atomic E-state index is 11.9. The highest BCUT2D eigenvalue weighted by Gasteiger charge is 2.45. The Kier molecular flexibility index (Phi) is 1.83. The van der Waals surface area contributed by atoms with E-state index in [1.54, 1.807) is 0 Å². The van der Waals surface area contributed by atoms with Gasteiger partial charge >= 0.3 is 0 Å². The monoisotopic (exact) mass is 202 g/mol. The van der Waals surface area contributed by atoms with Gasteiger partial charge in [0.1, 0.15) is 0 Å². The lowest BCUT2D eigenvalue weighted by atomic mass is 10.2. The molecule has 1 aromatic carbocycles. The number of hydrogen-bond donors (Lipinski definition) is 1. The van der Waals surface area contributed by atoms with Crippen LogP contribution in [0, 0.1) is 6.92 Å². The average Bonchev–Trinajstić information content (AvgIpc) is 2.80. The van der Waals surface area contributed by atoms with Crippen molar-refractivity contribution in [3.8, 4) is 0 Å². The van der Waals surface area contributed by atoms with E-state index in [0.717, 1.165) is 18.7 Å². The largest absolute Gasteiger partial charge is 0.307 e. The zero-order valence-electron chi connectivity index (χ0n) is 8.73. The number of anilines is 1. The molecular formula is C12H14N2O. The number of amides is 1. The predicted molar refractivity (Wildman–Crippen MR) is 58.9 cm³/mol. The van der Waals surface area contributed by atoms with Crippen LogP contribution in [0.4, 0.5) is 5.69 Å². The lowest BCUT2D eigenvalue weighted by Crippen LogP contribution is -2.48. The van der Waals surface area contributed by atoms with Crippen molar-refractivity contribution in [2.45, 2.75) is 25.4 Å². The Morgan fingerprint density at radius 1 is 1.33 bits per heavy atom. The number of carbonyl (C=O) groups is 1. The molecule has 2 aliphatic heterocycles. The second-order valence-corrected chi connectivity index (χ2v) is 4.39. The van der Waals surface area contributed by atoms with Gasteiger partial charge in [0.15, 0.2) is 0 Å². The molecule has 1 amide bonds. The molecule has 0 spiro atoms. The molecule has 2 fully saturated rings. The van der Waals surface area contributed by atoms with E-state index in [-0.39, 0.29) is 11.9 Å². The summed E-state index contributed by atoms with van der Waals surface area (Å²) in [5.74, 6) is 0.232. The summed E-state index contributed by atoms with van der Waals surface area (Å²) in [4.78, 5) is 13.9. The van der Waals surface area contributed by atoms with Crippen molar-refractivity contribution in [3.63, 3.8) is 0 Å². The third-order valence-electron chi connectivity index (χ3n) is 3.32. The van der Waals surface area contributed by atoms with Crippen LogP contribution in [0.15, 0.2) is 24.3 Å². The molecule has 2 unspecified atom stereocenters. The third kappa shape index (κ3) is 1.27. The highest BCUT2D eigenvalue weighted by atomic mass is 16.2. The zero-order chi connectivity index (χ0) is 10.4. The minimum absolute atomic E-state index is 0.0660. The highest BCUT2D eigenvalue weighted by Crippen LogP contribution is 2.30. The van der Waals surface area contributed by atoms with Gasteiger partial charge in [-0.3, -0.25) is 4.79 Å². The van der Waals surface area contributed by atoms with Crippen LogP contribution in [-0.2, 0) is 4.79 Å². The number of aryl methyl sites for hydroxylation is 1. The number of fused-ring (bicyclic) bond motifs is 2. The maximum absolute atomic E-state index is 11.9. The SMILES string of the molecule is Cc1ccc(N2C(=O)C3CC2CN3)cc1. The van der Waals surface area contributed by atoms with Gasteiger partial charge in [-0.25, -0.2) is 0 Å². The first-order chi connectivity index (χ1) is 7.25. The Labute approximate surface area is 89.1 Å². The van der Waals surface area contributed by atoms with Gasteiger partial charge in [-0.2, -0.15) is 0 Å². The van der Waals surface area contributed by atoms with E-state index in [2.05, 4.69) is 24.4 Å². The van der Waals surface area contributed by atoms with E-state index in [4.69, 9.17) is 0 Å². The van der Waals surface area contributed by atoms with Crippen LogP contribution >= 0.6 is 0 Å². The van der Waals surface area contributed by atoms with Crippen molar-refractivity contribution in [3.05, 3.63) is 29.8 Å². The van der Waals surface area contributed by atoms with Crippen molar-refractivity contribution in [2.24, 2.45) is 0 Å². The fourth-order valence-electron chi connectivity index (χ4n) is 2.49. The molecule has 15 heavy (non-hydrogen) atoms. The zero-order valence-corrected chi connectivity index (χ0v) is 8.73. The number of carbonyl (C=O) groups excluding carboxylic acids is 1. The average molecular weight is 202 g/mol. The van der Waals surface area contributed by atoms with Gasteiger partial charge in [-0.05, 0) is 25.5 Å². The summed E-state index contributed by atoms with van der Waals surface area (Å²) in [6.07, 6.45) is 0.965. The first-order valence-corrected chi connectivity index (χ1v) is 5.39.